The van der Waals surface area contributed by atoms with E-state index in [1.54, 1.807) is 0 Å². The van der Waals surface area contributed by atoms with Crippen LogP contribution in [0.4, 0.5) is 0 Å². The van der Waals surface area contributed by atoms with Gasteiger partial charge in [-0.25, -0.2) is 0 Å². The maximum absolute atomic E-state index is 11.9. The van der Waals surface area contributed by atoms with E-state index in [0.717, 1.165) is 23.6 Å². The van der Waals surface area contributed by atoms with Gasteiger partial charge in [0.2, 0.25) is 0 Å². The summed E-state index contributed by atoms with van der Waals surface area (Å²) in [6.07, 6.45) is 0.953. The molecule has 0 radical (unpaired) electrons. The standard InChI is InChI=1S/C13H21NOS/c1-4-14-12(3)9-10-16(15)13-7-5-11(2)6-8-13/h5-8,12,14H,4,9-10H2,1-3H3. The van der Waals surface area contributed by atoms with Gasteiger partial charge in [0.15, 0.2) is 0 Å². The molecule has 2 atom stereocenters. The third-order valence-electron chi connectivity index (χ3n) is 2.57. The van der Waals surface area contributed by atoms with Crippen molar-refractivity contribution in [3.8, 4) is 0 Å². The smallest absolute Gasteiger partial charge is 0.0530 e. The van der Waals surface area contributed by atoms with Gasteiger partial charge in [0, 0.05) is 16.7 Å². The minimum Gasteiger partial charge on any atom is -0.315 e. The number of hydrogen-bond donors (Lipinski definition) is 1. The molecular formula is C13H21NOS. The van der Waals surface area contributed by atoms with Crippen molar-refractivity contribution >= 4 is 10.8 Å². The van der Waals surface area contributed by atoms with Crippen molar-refractivity contribution in [1.29, 1.82) is 0 Å². The lowest BCUT2D eigenvalue weighted by Crippen LogP contribution is -2.27. The molecule has 0 saturated carbocycles. The molecule has 1 aromatic rings. The maximum Gasteiger partial charge on any atom is 0.0530 e. The van der Waals surface area contributed by atoms with Crippen molar-refractivity contribution in [2.45, 2.75) is 38.1 Å². The van der Waals surface area contributed by atoms with Crippen LogP contribution in [0, 0.1) is 6.92 Å². The van der Waals surface area contributed by atoms with Crippen molar-refractivity contribution < 1.29 is 4.21 Å². The Morgan fingerprint density at radius 3 is 2.50 bits per heavy atom. The van der Waals surface area contributed by atoms with E-state index in [4.69, 9.17) is 0 Å². The molecule has 0 aromatic heterocycles. The molecule has 90 valence electrons. The van der Waals surface area contributed by atoms with Crippen LogP contribution in [0.2, 0.25) is 0 Å². The lowest BCUT2D eigenvalue weighted by Gasteiger charge is -2.11. The average Bonchev–Trinajstić information content (AvgIpc) is 2.27. The Balaban J connectivity index is 2.43. The van der Waals surface area contributed by atoms with Crippen LogP contribution >= 0.6 is 0 Å². The summed E-state index contributed by atoms with van der Waals surface area (Å²) in [6, 6.07) is 8.40. The minimum absolute atomic E-state index is 0.444. The van der Waals surface area contributed by atoms with E-state index >= 15 is 0 Å². The van der Waals surface area contributed by atoms with Crippen LogP contribution in [-0.4, -0.2) is 22.5 Å². The van der Waals surface area contributed by atoms with Crippen LogP contribution in [0.1, 0.15) is 25.8 Å². The van der Waals surface area contributed by atoms with E-state index in [9.17, 15) is 4.21 Å². The number of benzene rings is 1. The van der Waals surface area contributed by atoms with E-state index in [0.29, 0.717) is 6.04 Å². The SMILES string of the molecule is CCNC(C)CCS(=O)c1ccc(C)cc1. The Kier molecular flexibility index (Phi) is 5.71. The van der Waals surface area contributed by atoms with Crippen LogP contribution in [0.5, 0.6) is 0 Å². The number of nitrogens with one attached hydrogen (secondary N) is 1. The van der Waals surface area contributed by atoms with Crippen LogP contribution in [0.3, 0.4) is 0 Å². The van der Waals surface area contributed by atoms with Crippen molar-refractivity contribution in [2.24, 2.45) is 0 Å². The molecule has 16 heavy (non-hydrogen) atoms. The fraction of sp³-hybridized carbons (Fsp3) is 0.538. The molecule has 0 spiro atoms. The molecular weight excluding hydrogens is 218 g/mol. The highest BCUT2D eigenvalue weighted by Gasteiger charge is 2.06. The fourth-order valence-electron chi connectivity index (χ4n) is 1.54. The van der Waals surface area contributed by atoms with Gasteiger partial charge >= 0.3 is 0 Å². The molecule has 1 N–H and O–H groups in total. The predicted molar refractivity (Wildman–Crippen MR) is 70.2 cm³/mol. The summed E-state index contributed by atoms with van der Waals surface area (Å²) in [6.45, 7) is 7.24. The van der Waals surface area contributed by atoms with Crippen LogP contribution in [0.25, 0.3) is 0 Å². The quantitative estimate of drug-likeness (QED) is 0.826. The zero-order valence-corrected chi connectivity index (χ0v) is 11.1. The first-order valence-corrected chi connectivity index (χ1v) is 7.13. The minimum atomic E-state index is -0.856. The zero-order chi connectivity index (χ0) is 12.0. The Morgan fingerprint density at radius 1 is 1.31 bits per heavy atom. The van der Waals surface area contributed by atoms with Crippen molar-refractivity contribution in [3.63, 3.8) is 0 Å². The molecule has 0 amide bonds. The number of rotatable bonds is 6. The predicted octanol–water partition coefficient (Wildman–Crippen LogP) is 2.49. The van der Waals surface area contributed by atoms with E-state index in [1.807, 2.05) is 31.2 Å². The molecule has 3 heteroatoms. The zero-order valence-electron chi connectivity index (χ0n) is 10.3. The first kappa shape index (κ1) is 13.4. The largest absolute Gasteiger partial charge is 0.315 e. The second-order valence-electron chi connectivity index (χ2n) is 4.11. The second kappa shape index (κ2) is 6.81. The van der Waals surface area contributed by atoms with E-state index in [-0.39, 0.29) is 0 Å². The Labute approximate surface area is 101 Å². The molecule has 0 heterocycles. The first-order chi connectivity index (χ1) is 7.63. The van der Waals surface area contributed by atoms with Crippen molar-refractivity contribution in [3.05, 3.63) is 29.8 Å². The van der Waals surface area contributed by atoms with Gasteiger partial charge in [-0.2, -0.15) is 0 Å². The highest BCUT2D eigenvalue weighted by Crippen LogP contribution is 2.09. The summed E-state index contributed by atoms with van der Waals surface area (Å²) >= 11 is 0. The summed E-state index contributed by atoms with van der Waals surface area (Å²) in [4.78, 5) is 0.939. The number of aryl methyl sites for hydroxylation is 1. The fourth-order valence-corrected chi connectivity index (χ4v) is 2.79. The number of hydrogen-bond acceptors (Lipinski definition) is 2. The molecule has 2 nitrogen and oxygen atoms in total. The first-order valence-electron chi connectivity index (χ1n) is 5.82. The van der Waals surface area contributed by atoms with Gasteiger partial charge in [0.25, 0.3) is 0 Å². The third-order valence-corrected chi connectivity index (χ3v) is 3.98. The average molecular weight is 239 g/mol. The van der Waals surface area contributed by atoms with Gasteiger partial charge in [-0.15, -0.1) is 0 Å². The lowest BCUT2D eigenvalue weighted by molar-refractivity contribution is 0.553. The van der Waals surface area contributed by atoms with Gasteiger partial charge < -0.3 is 5.32 Å². The Morgan fingerprint density at radius 2 is 1.94 bits per heavy atom. The van der Waals surface area contributed by atoms with Gasteiger partial charge in [0.05, 0.1) is 10.8 Å². The molecule has 0 aliphatic rings. The van der Waals surface area contributed by atoms with Crippen LogP contribution < -0.4 is 5.32 Å². The van der Waals surface area contributed by atoms with Crippen molar-refractivity contribution in [1.82, 2.24) is 5.32 Å². The van der Waals surface area contributed by atoms with Gasteiger partial charge in [-0.3, -0.25) is 4.21 Å². The monoisotopic (exact) mass is 239 g/mol. The summed E-state index contributed by atoms with van der Waals surface area (Å²) in [7, 11) is -0.856. The van der Waals surface area contributed by atoms with E-state index in [1.165, 1.54) is 5.56 Å². The van der Waals surface area contributed by atoms with Gasteiger partial charge in [-0.1, -0.05) is 24.6 Å². The molecule has 0 aliphatic carbocycles. The summed E-state index contributed by atoms with van der Waals surface area (Å²) in [5.74, 6) is 0.733. The summed E-state index contributed by atoms with van der Waals surface area (Å²) in [5, 5.41) is 3.33. The summed E-state index contributed by atoms with van der Waals surface area (Å²) in [5.41, 5.74) is 1.21. The van der Waals surface area contributed by atoms with Gasteiger partial charge in [0.1, 0.15) is 0 Å². The molecule has 0 bridgehead atoms. The lowest BCUT2D eigenvalue weighted by atomic mass is 10.2. The Hall–Kier alpha value is -0.670. The summed E-state index contributed by atoms with van der Waals surface area (Å²) < 4.78 is 11.9. The molecule has 1 aromatic carbocycles. The molecule has 2 unspecified atom stereocenters. The van der Waals surface area contributed by atoms with Crippen LogP contribution in [-0.2, 0) is 10.8 Å². The molecule has 1 rings (SSSR count). The highest BCUT2D eigenvalue weighted by atomic mass is 32.2. The topological polar surface area (TPSA) is 29.1 Å². The molecule has 0 fully saturated rings. The van der Waals surface area contributed by atoms with Crippen molar-refractivity contribution in [2.75, 3.05) is 12.3 Å². The highest BCUT2D eigenvalue weighted by molar-refractivity contribution is 7.85. The second-order valence-corrected chi connectivity index (χ2v) is 5.68. The third kappa shape index (κ3) is 4.45. The molecule has 0 aliphatic heterocycles. The Bertz CT molecular complexity index is 334. The van der Waals surface area contributed by atoms with E-state index < -0.39 is 10.8 Å². The maximum atomic E-state index is 11.9. The van der Waals surface area contributed by atoms with Crippen LogP contribution in [0.15, 0.2) is 29.2 Å². The van der Waals surface area contributed by atoms with Gasteiger partial charge in [-0.05, 0) is 38.9 Å². The van der Waals surface area contributed by atoms with E-state index in [2.05, 4.69) is 19.2 Å². The normalized spacial score (nSPS) is 14.7. The molecule has 0 saturated heterocycles.